The van der Waals surface area contributed by atoms with Crippen LogP contribution in [0.25, 0.3) is 28.2 Å². The molecule has 0 fully saturated rings. The molecule has 160 valence electrons. The van der Waals surface area contributed by atoms with Crippen LogP contribution in [-0.2, 0) is 7.05 Å². The Hall–Kier alpha value is -4.26. The number of pyridine rings is 1. The maximum Gasteiger partial charge on any atom is 0.235 e. The van der Waals surface area contributed by atoms with Gasteiger partial charge in [-0.3, -0.25) is 4.79 Å². The number of carbonyl (C=O) groups excluding carboxylic acids is 1. The number of aromatic nitrogens is 2. The van der Waals surface area contributed by atoms with Crippen LogP contribution in [0.3, 0.4) is 0 Å². The summed E-state index contributed by atoms with van der Waals surface area (Å²) in [5.74, 6) is -0.708. The third-order valence-corrected chi connectivity index (χ3v) is 5.60. The molecule has 0 saturated carbocycles. The number of phenolic OH excluding ortho intramolecular Hbond substituents is 2. The molecule has 0 atom stereocenters. The lowest BCUT2D eigenvalue weighted by Gasteiger charge is -2.13. The number of aryl methyl sites for hydroxylation is 1. The van der Waals surface area contributed by atoms with Gasteiger partial charge in [0, 0.05) is 62.3 Å². The molecule has 1 aliphatic heterocycles. The van der Waals surface area contributed by atoms with Crippen LogP contribution < -0.4 is 9.64 Å². The summed E-state index contributed by atoms with van der Waals surface area (Å²) in [5, 5.41) is 20.7. The van der Waals surface area contributed by atoms with Crippen molar-refractivity contribution in [3.05, 3.63) is 71.7 Å². The van der Waals surface area contributed by atoms with Crippen molar-refractivity contribution in [3.8, 4) is 28.4 Å². The van der Waals surface area contributed by atoms with Crippen molar-refractivity contribution >= 4 is 28.6 Å². The Morgan fingerprint density at radius 3 is 2.56 bits per heavy atom. The second kappa shape index (κ2) is 7.16. The second-order valence-electron chi connectivity index (χ2n) is 7.97. The molecule has 1 aliphatic rings. The largest absolute Gasteiger partial charge is 0.508 e. The molecule has 0 aliphatic carbocycles. The van der Waals surface area contributed by atoms with E-state index in [0.717, 1.165) is 39.5 Å². The third kappa shape index (κ3) is 3.06. The summed E-state index contributed by atoms with van der Waals surface area (Å²) in [6.45, 7) is 0. The van der Waals surface area contributed by atoms with Gasteiger partial charge in [-0.15, -0.1) is 0 Å². The Morgan fingerprint density at radius 2 is 1.84 bits per heavy atom. The van der Waals surface area contributed by atoms with Gasteiger partial charge < -0.3 is 24.4 Å². The van der Waals surface area contributed by atoms with Crippen molar-refractivity contribution in [1.82, 2.24) is 9.55 Å². The zero-order valence-corrected chi connectivity index (χ0v) is 17.8. The van der Waals surface area contributed by atoms with Crippen molar-refractivity contribution in [3.63, 3.8) is 0 Å². The van der Waals surface area contributed by atoms with Crippen LogP contribution >= 0.6 is 0 Å². The highest BCUT2D eigenvalue weighted by atomic mass is 16.5. The Balaban J connectivity index is 1.65. The first-order chi connectivity index (χ1) is 15.3. The summed E-state index contributed by atoms with van der Waals surface area (Å²) in [6.07, 6.45) is 5.31. The van der Waals surface area contributed by atoms with Crippen molar-refractivity contribution in [2.24, 2.45) is 7.05 Å². The molecule has 0 bridgehead atoms. The average Bonchev–Trinajstić information content (AvgIpc) is 3.25. The molecule has 0 radical (unpaired) electrons. The minimum absolute atomic E-state index is 0.0481. The van der Waals surface area contributed by atoms with E-state index in [0.29, 0.717) is 0 Å². The number of hydrogen-bond donors (Lipinski definition) is 2. The number of rotatable bonds is 3. The predicted molar refractivity (Wildman–Crippen MR) is 123 cm³/mol. The number of aromatic hydroxyl groups is 2. The lowest BCUT2D eigenvalue weighted by atomic mass is 10.00. The monoisotopic (exact) mass is 427 g/mol. The number of allylic oxidation sites excluding steroid dienone is 1. The number of hydrogen-bond acceptors (Lipinski definition) is 6. The van der Waals surface area contributed by atoms with E-state index in [-0.39, 0.29) is 28.6 Å². The fraction of sp³-hybridized carbons (Fsp3) is 0.120. The highest BCUT2D eigenvalue weighted by Crippen LogP contribution is 2.41. The van der Waals surface area contributed by atoms with Gasteiger partial charge in [-0.2, -0.15) is 0 Å². The molecule has 2 N–H and O–H groups in total. The summed E-state index contributed by atoms with van der Waals surface area (Å²) in [7, 11) is 5.89. The third-order valence-electron chi connectivity index (χ3n) is 5.60. The Morgan fingerprint density at radius 1 is 1.09 bits per heavy atom. The maximum absolute atomic E-state index is 12.9. The minimum Gasteiger partial charge on any atom is -0.508 e. The smallest absolute Gasteiger partial charge is 0.235 e. The summed E-state index contributed by atoms with van der Waals surface area (Å²) < 4.78 is 7.59. The van der Waals surface area contributed by atoms with Crippen LogP contribution in [0.5, 0.6) is 17.2 Å². The van der Waals surface area contributed by atoms with Gasteiger partial charge in [0.1, 0.15) is 28.5 Å². The molecule has 7 heteroatoms. The molecule has 3 heterocycles. The molecule has 2 aromatic carbocycles. The molecular formula is C25H21N3O4. The number of nitrogens with zero attached hydrogens (tertiary/aromatic N) is 3. The van der Waals surface area contributed by atoms with Gasteiger partial charge >= 0.3 is 0 Å². The lowest BCUT2D eigenvalue weighted by Crippen LogP contribution is -2.07. The molecule has 0 spiro atoms. The van der Waals surface area contributed by atoms with E-state index < -0.39 is 5.78 Å². The number of carbonyl (C=O) groups is 1. The van der Waals surface area contributed by atoms with Crippen molar-refractivity contribution in [2.45, 2.75) is 0 Å². The molecule has 0 amide bonds. The molecule has 4 aromatic rings. The summed E-state index contributed by atoms with van der Waals surface area (Å²) in [5.41, 5.74) is 4.69. The van der Waals surface area contributed by atoms with E-state index in [4.69, 9.17) is 4.74 Å². The standard InChI is InChI=1S/C25H21N3O4/c1-27(2)16-6-4-14(5-7-16)18-8-9-26-25-22(18)15(13-28(25)3)10-21-24(31)23-19(30)11-17(29)12-20(23)32-21/h4-13,29-30H,1-3H3. The van der Waals surface area contributed by atoms with E-state index in [1.165, 1.54) is 6.07 Å². The highest BCUT2D eigenvalue weighted by molar-refractivity contribution is 6.17. The number of ketones is 1. The Kier molecular flexibility index (Phi) is 4.41. The second-order valence-corrected chi connectivity index (χ2v) is 7.97. The molecule has 0 unspecified atom stereocenters. The summed E-state index contributed by atoms with van der Waals surface area (Å²) in [6, 6.07) is 12.6. The van der Waals surface area contributed by atoms with Gasteiger partial charge in [0.05, 0.1) is 0 Å². The Labute approximate surface area is 184 Å². The molecule has 5 rings (SSSR count). The van der Waals surface area contributed by atoms with Crippen LogP contribution in [0, 0.1) is 0 Å². The first-order valence-corrected chi connectivity index (χ1v) is 10.1. The molecule has 2 aromatic heterocycles. The normalized spacial score (nSPS) is 14.1. The number of ether oxygens (including phenoxy) is 1. The minimum atomic E-state index is -0.435. The zero-order chi connectivity index (χ0) is 22.6. The van der Waals surface area contributed by atoms with Crippen LogP contribution in [0.15, 0.2) is 60.6 Å². The van der Waals surface area contributed by atoms with Gasteiger partial charge in [-0.05, 0) is 35.4 Å². The molecule has 32 heavy (non-hydrogen) atoms. The predicted octanol–water partition coefficient (Wildman–Crippen LogP) is 4.33. The van der Waals surface area contributed by atoms with Crippen LogP contribution in [-0.4, -0.2) is 39.6 Å². The summed E-state index contributed by atoms with van der Waals surface area (Å²) in [4.78, 5) is 19.4. The molecule has 0 saturated heterocycles. The SMILES string of the molecule is CN(C)c1ccc(-c2ccnc3c2c(C=C2Oc4cc(O)cc(O)c4C2=O)cn3C)cc1. The number of benzene rings is 2. The first-order valence-electron chi connectivity index (χ1n) is 10.1. The number of phenols is 2. The van der Waals surface area contributed by atoms with Gasteiger partial charge in [0.2, 0.25) is 5.78 Å². The van der Waals surface area contributed by atoms with Gasteiger partial charge in [-0.1, -0.05) is 12.1 Å². The van der Waals surface area contributed by atoms with Crippen molar-refractivity contribution in [2.75, 3.05) is 19.0 Å². The lowest BCUT2D eigenvalue weighted by molar-refractivity contribution is 0.101. The topological polar surface area (TPSA) is 87.8 Å². The van der Waals surface area contributed by atoms with Crippen molar-refractivity contribution in [1.29, 1.82) is 0 Å². The van der Waals surface area contributed by atoms with E-state index in [1.807, 2.05) is 42.9 Å². The van der Waals surface area contributed by atoms with E-state index >= 15 is 0 Å². The Bertz CT molecular complexity index is 1420. The first kappa shape index (κ1) is 19.7. The fourth-order valence-corrected chi connectivity index (χ4v) is 4.05. The van der Waals surface area contributed by atoms with E-state index in [1.54, 1.807) is 12.3 Å². The van der Waals surface area contributed by atoms with E-state index in [2.05, 4.69) is 29.2 Å². The summed E-state index contributed by atoms with van der Waals surface area (Å²) >= 11 is 0. The highest BCUT2D eigenvalue weighted by Gasteiger charge is 2.31. The van der Waals surface area contributed by atoms with Crippen LogP contribution in [0.4, 0.5) is 5.69 Å². The number of Topliss-reactive ketones (excluding diaryl/α,β-unsaturated/α-hetero) is 1. The van der Waals surface area contributed by atoms with Gasteiger partial charge in [-0.25, -0.2) is 4.98 Å². The molecular weight excluding hydrogens is 406 g/mol. The maximum atomic E-state index is 12.9. The number of anilines is 1. The van der Waals surface area contributed by atoms with E-state index in [9.17, 15) is 15.0 Å². The quantitative estimate of drug-likeness (QED) is 0.473. The van der Waals surface area contributed by atoms with Crippen LogP contribution in [0.2, 0.25) is 0 Å². The van der Waals surface area contributed by atoms with Gasteiger partial charge in [0.25, 0.3) is 0 Å². The van der Waals surface area contributed by atoms with Gasteiger partial charge in [0.15, 0.2) is 5.76 Å². The molecule has 7 nitrogen and oxygen atoms in total. The number of fused-ring (bicyclic) bond motifs is 2. The fourth-order valence-electron chi connectivity index (χ4n) is 4.05. The van der Waals surface area contributed by atoms with Crippen molar-refractivity contribution < 1.29 is 19.7 Å². The zero-order valence-electron chi connectivity index (χ0n) is 17.8. The average molecular weight is 427 g/mol. The van der Waals surface area contributed by atoms with Crippen LogP contribution in [0.1, 0.15) is 15.9 Å².